The summed E-state index contributed by atoms with van der Waals surface area (Å²) in [5, 5.41) is 12.5. The maximum Gasteiger partial charge on any atom is 0.239 e. The topological polar surface area (TPSA) is 91.2 Å². The van der Waals surface area contributed by atoms with Gasteiger partial charge in [-0.25, -0.2) is 4.98 Å². The van der Waals surface area contributed by atoms with Crippen molar-refractivity contribution < 1.29 is 14.3 Å². The summed E-state index contributed by atoms with van der Waals surface area (Å²) < 4.78 is 12.8. The van der Waals surface area contributed by atoms with E-state index >= 15 is 0 Å². The molecule has 0 aliphatic carbocycles. The van der Waals surface area contributed by atoms with Crippen LogP contribution >= 0.6 is 23.1 Å². The van der Waals surface area contributed by atoms with E-state index in [1.807, 2.05) is 50.5 Å². The number of carbonyl (C=O) groups excluding carboxylic acids is 1. The molecule has 4 rings (SSSR count). The van der Waals surface area contributed by atoms with Gasteiger partial charge in [-0.15, -0.1) is 21.5 Å². The Balaban J connectivity index is 1.51. The minimum Gasteiger partial charge on any atom is -0.454 e. The molecular formula is C19H21N5O3S2. The number of ether oxygens (including phenoxy) is 2. The van der Waals surface area contributed by atoms with Gasteiger partial charge in [-0.3, -0.25) is 4.79 Å². The van der Waals surface area contributed by atoms with E-state index < -0.39 is 0 Å². The predicted molar refractivity (Wildman–Crippen MR) is 113 cm³/mol. The van der Waals surface area contributed by atoms with Crippen molar-refractivity contribution in [3.05, 3.63) is 28.8 Å². The van der Waals surface area contributed by atoms with Crippen LogP contribution in [-0.2, 0) is 11.3 Å². The summed E-state index contributed by atoms with van der Waals surface area (Å²) >= 11 is 2.85. The van der Waals surface area contributed by atoms with Crippen LogP contribution in [0.3, 0.4) is 0 Å². The highest BCUT2D eigenvalue weighted by atomic mass is 32.2. The van der Waals surface area contributed by atoms with Gasteiger partial charge < -0.3 is 19.4 Å². The molecule has 0 radical (unpaired) electrons. The van der Waals surface area contributed by atoms with E-state index in [0.717, 1.165) is 27.7 Å². The molecule has 1 aliphatic heterocycles. The van der Waals surface area contributed by atoms with E-state index in [2.05, 4.69) is 20.5 Å². The number of benzene rings is 1. The zero-order chi connectivity index (χ0) is 20.5. The first kappa shape index (κ1) is 19.7. The lowest BCUT2D eigenvalue weighted by Crippen LogP contribution is -2.22. The van der Waals surface area contributed by atoms with Crippen LogP contribution in [-0.4, -0.2) is 37.7 Å². The average molecular weight is 432 g/mol. The highest BCUT2D eigenvalue weighted by Gasteiger charge is 2.22. The largest absolute Gasteiger partial charge is 0.454 e. The minimum absolute atomic E-state index is 0.112. The first-order valence-electron chi connectivity index (χ1n) is 9.21. The van der Waals surface area contributed by atoms with Gasteiger partial charge in [0.25, 0.3) is 0 Å². The summed E-state index contributed by atoms with van der Waals surface area (Å²) in [6, 6.07) is 5.70. The number of hydrogen-bond acceptors (Lipinski definition) is 8. The molecule has 1 aliphatic rings. The Labute approximate surface area is 176 Å². The van der Waals surface area contributed by atoms with E-state index in [9.17, 15) is 4.79 Å². The van der Waals surface area contributed by atoms with Crippen LogP contribution in [0.4, 0.5) is 5.13 Å². The lowest BCUT2D eigenvalue weighted by Gasteiger charge is -2.12. The minimum atomic E-state index is -0.349. The Hall–Kier alpha value is -2.59. The molecule has 1 atom stereocenters. The van der Waals surface area contributed by atoms with Gasteiger partial charge in [0, 0.05) is 17.0 Å². The Bertz CT molecular complexity index is 1040. The van der Waals surface area contributed by atoms with E-state index in [0.29, 0.717) is 22.6 Å². The van der Waals surface area contributed by atoms with Crippen molar-refractivity contribution in [1.29, 1.82) is 0 Å². The number of carbonyl (C=O) groups is 1. The second-order valence-corrected chi connectivity index (χ2v) is 9.04. The van der Waals surface area contributed by atoms with E-state index in [1.165, 1.54) is 23.1 Å². The third-order valence-corrected chi connectivity index (χ3v) is 6.64. The highest BCUT2D eigenvalue weighted by molar-refractivity contribution is 8.00. The van der Waals surface area contributed by atoms with Gasteiger partial charge in [0.05, 0.1) is 10.9 Å². The van der Waals surface area contributed by atoms with E-state index in [-0.39, 0.29) is 18.0 Å². The standard InChI is InChI=1S/C19H21N5O3S2/c1-5-24-16(13-6-7-14-15(8-13)27-9-26-14)22-23-19(24)29-12(4)17(25)21-18-20-10(2)11(3)28-18/h6-8,12H,5,9H2,1-4H3,(H,20,21,25)/t12-/m0/s1. The first-order chi connectivity index (χ1) is 14.0. The maximum atomic E-state index is 12.6. The van der Waals surface area contributed by atoms with Crippen molar-refractivity contribution in [2.45, 2.75) is 44.6 Å². The molecule has 29 heavy (non-hydrogen) atoms. The molecule has 0 saturated carbocycles. The molecule has 0 saturated heterocycles. The summed E-state index contributed by atoms with van der Waals surface area (Å²) in [4.78, 5) is 18.1. The number of fused-ring (bicyclic) bond motifs is 1. The van der Waals surface area contributed by atoms with E-state index in [1.54, 1.807) is 0 Å². The van der Waals surface area contributed by atoms with Crippen molar-refractivity contribution >= 4 is 34.1 Å². The number of hydrogen-bond donors (Lipinski definition) is 1. The molecule has 2 aromatic heterocycles. The zero-order valence-corrected chi connectivity index (χ0v) is 18.2. The summed E-state index contributed by atoms with van der Waals surface area (Å²) in [5.74, 6) is 2.04. The van der Waals surface area contributed by atoms with Gasteiger partial charge in [-0.2, -0.15) is 0 Å². The quantitative estimate of drug-likeness (QED) is 0.592. The molecule has 0 spiro atoms. The summed E-state index contributed by atoms with van der Waals surface area (Å²) in [5.41, 5.74) is 1.82. The molecule has 0 unspecified atom stereocenters. The fourth-order valence-electron chi connectivity index (χ4n) is 2.85. The maximum absolute atomic E-state index is 12.6. The van der Waals surface area contributed by atoms with Crippen LogP contribution in [0.5, 0.6) is 11.5 Å². The number of thioether (sulfide) groups is 1. The van der Waals surface area contributed by atoms with Gasteiger partial charge in [-0.05, 0) is 45.9 Å². The smallest absolute Gasteiger partial charge is 0.239 e. The lowest BCUT2D eigenvalue weighted by atomic mass is 10.2. The van der Waals surface area contributed by atoms with Crippen LogP contribution in [0.1, 0.15) is 24.4 Å². The van der Waals surface area contributed by atoms with Crippen LogP contribution in [0.25, 0.3) is 11.4 Å². The van der Waals surface area contributed by atoms with Gasteiger partial charge in [-0.1, -0.05) is 11.8 Å². The van der Waals surface area contributed by atoms with Crippen LogP contribution in [0, 0.1) is 13.8 Å². The fraction of sp³-hybridized carbons (Fsp3) is 0.368. The normalized spacial score (nSPS) is 13.5. The Morgan fingerprint density at radius 3 is 2.83 bits per heavy atom. The van der Waals surface area contributed by atoms with Crippen molar-refractivity contribution in [2.75, 3.05) is 12.1 Å². The molecule has 1 aromatic carbocycles. The van der Waals surface area contributed by atoms with Crippen LogP contribution in [0.2, 0.25) is 0 Å². The third-order valence-electron chi connectivity index (χ3n) is 4.57. The molecule has 3 aromatic rings. The number of rotatable bonds is 6. The third kappa shape index (κ3) is 3.95. The number of nitrogens with one attached hydrogen (secondary N) is 1. The fourth-order valence-corrected chi connectivity index (χ4v) is 4.59. The lowest BCUT2D eigenvalue weighted by molar-refractivity contribution is -0.115. The van der Waals surface area contributed by atoms with Crippen molar-refractivity contribution in [1.82, 2.24) is 19.7 Å². The Kier molecular flexibility index (Phi) is 5.46. The summed E-state index contributed by atoms with van der Waals surface area (Å²) in [6.07, 6.45) is 0. The monoisotopic (exact) mass is 431 g/mol. The second-order valence-electron chi connectivity index (χ2n) is 6.53. The number of amides is 1. The molecule has 3 heterocycles. The zero-order valence-electron chi connectivity index (χ0n) is 16.6. The average Bonchev–Trinajstić information content (AvgIpc) is 3.40. The summed E-state index contributed by atoms with van der Waals surface area (Å²) in [7, 11) is 0. The molecular weight excluding hydrogens is 410 g/mol. The molecule has 10 heteroatoms. The number of aryl methyl sites for hydroxylation is 2. The number of anilines is 1. The Morgan fingerprint density at radius 2 is 2.10 bits per heavy atom. The molecule has 0 bridgehead atoms. The predicted octanol–water partition coefficient (Wildman–Crippen LogP) is 3.89. The SMILES string of the molecule is CCn1c(S[C@@H](C)C(=O)Nc2nc(C)c(C)s2)nnc1-c1ccc2c(c1)OCO2. The van der Waals surface area contributed by atoms with Gasteiger partial charge in [0.1, 0.15) is 0 Å². The number of thiazole rings is 1. The molecule has 8 nitrogen and oxygen atoms in total. The van der Waals surface area contributed by atoms with Gasteiger partial charge >= 0.3 is 0 Å². The second kappa shape index (κ2) is 8.03. The van der Waals surface area contributed by atoms with Crippen molar-refractivity contribution in [3.8, 4) is 22.9 Å². The molecule has 152 valence electrons. The van der Waals surface area contributed by atoms with E-state index in [4.69, 9.17) is 9.47 Å². The van der Waals surface area contributed by atoms with Crippen molar-refractivity contribution in [2.24, 2.45) is 0 Å². The molecule has 1 N–H and O–H groups in total. The van der Waals surface area contributed by atoms with Gasteiger partial charge in [0.15, 0.2) is 27.6 Å². The number of aromatic nitrogens is 4. The van der Waals surface area contributed by atoms with Gasteiger partial charge in [0.2, 0.25) is 12.7 Å². The highest BCUT2D eigenvalue weighted by Crippen LogP contribution is 2.36. The Morgan fingerprint density at radius 1 is 1.31 bits per heavy atom. The first-order valence-corrected chi connectivity index (χ1v) is 10.9. The summed E-state index contributed by atoms with van der Waals surface area (Å²) in [6.45, 7) is 8.70. The molecule has 0 fully saturated rings. The van der Waals surface area contributed by atoms with Crippen molar-refractivity contribution in [3.63, 3.8) is 0 Å². The molecule has 1 amide bonds. The number of nitrogens with zero attached hydrogens (tertiary/aromatic N) is 4. The van der Waals surface area contributed by atoms with Crippen LogP contribution in [0.15, 0.2) is 23.4 Å². The van der Waals surface area contributed by atoms with Crippen LogP contribution < -0.4 is 14.8 Å².